The first-order valence-corrected chi connectivity index (χ1v) is 10.6. The van der Waals surface area contributed by atoms with Crippen LogP contribution in [0.2, 0.25) is 0 Å². The summed E-state index contributed by atoms with van der Waals surface area (Å²) in [7, 11) is 0. The van der Waals surface area contributed by atoms with E-state index < -0.39 is 0 Å². The third-order valence-electron chi connectivity index (χ3n) is 5.99. The van der Waals surface area contributed by atoms with E-state index in [4.69, 9.17) is 0 Å². The number of H-pyrrole nitrogens is 1. The molecule has 4 heteroatoms. The summed E-state index contributed by atoms with van der Waals surface area (Å²) in [5.41, 5.74) is 6.12. The Morgan fingerprint density at radius 3 is 2.72 bits per heavy atom. The van der Waals surface area contributed by atoms with Gasteiger partial charge in [0.2, 0.25) is 5.91 Å². The molecule has 0 aliphatic carbocycles. The number of aromatic nitrogens is 2. The number of hydrogen-bond acceptors (Lipinski definition) is 2. The molecule has 0 radical (unpaired) electrons. The van der Waals surface area contributed by atoms with Gasteiger partial charge in [-0.1, -0.05) is 54.6 Å². The van der Waals surface area contributed by atoms with Crippen molar-refractivity contribution in [3.05, 3.63) is 77.6 Å². The summed E-state index contributed by atoms with van der Waals surface area (Å²) in [6.07, 6.45) is 6.55. The molecule has 1 fully saturated rings. The van der Waals surface area contributed by atoms with E-state index in [-0.39, 0.29) is 5.91 Å². The van der Waals surface area contributed by atoms with Crippen molar-refractivity contribution in [2.24, 2.45) is 0 Å². The molecule has 2 aromatic carbocycles. The molecule has 1 saturated heterocycles. The van der Waals surface area contributed by atoms with Gasteiger partial charge in [-0.25, -0.2) is 0 Å². The topological polar surface area (TPSA) is 49.0 Å². The average Bonchev–Trinajstić information content (AvgIpc) is 3.24. The van der Waals surface area contributed by atoms with Crippen LogP contribution in [0.4, 0.5) is 0 Å². The maximum Gasteiger partial charge on any atom is 0.222 e. The van der Waals surface area contributed by atoms with Gasteiger partial charge in [-0.2, -0.15) is 5.10 Å². The Morgan fingerprint density at radius 2 is 1.90 bits per heavy atom. The number of rotatable bonds is 6. The van der Waals surface area contributed by atoms with Crippen LogP contribution in [-0.2, 0) is 11.2 Å². The SMILES string of the molecule is Cc1ccccc1-c1cn[nH]c1C1CCCN(C(=O)CCCc2ccccc2)C1. The highest BCUT2D eigenvalue weighted by atomic mass is 16.2. The number of hydrogen-bond donors (Lipinski definition) is 1. The Morgan fingerprint density at radius 1 is 1.10 bits per heavy atom. The fourth-order valence-electron chi connectivity index (χ4n) is 4.38. The minimum atomic E-state index is 0.280. The van der Waals surface area contributed by atoms with E-state index in [0.29, 0.717) is 12.3 Å². The van der Waals surface area contributed by atoms with Crippen molar-refractivity contribution in [1.82, 2.24) is 15.1 Å². The number of benzene rings is 2. The van der Waals surface area contributed by atoms with Gasteiger partial charge in [0.05, 0.1) is 6.20 Å². The van der Waals surface area contributed by atoms with Crippen molar-refractivity contribution in [3.8, 4) is 11.1 Å². The Labute approximate surface area is 173 Å². The Bertz CT molecular complexity index is 947. The Hall–Kier alpha value is -2.88. The Kier molecular flexibility index (Phi) is 6.09. The van der Waals surface area contributed by atoms with Crippen molar-refractivity contribution in [2.75, 3.05) is 13.1 Å². The maximum atomic E-state index is 12.8. The first-order valence-electron chi connectivity index (χ1n) is 10.6. The van der Waals surface area contributed by atoms with E-state index in [2.05, 4.69) is 70.6 Å². The molecule has 2 heterocycles. The molecular formula is C25H29N3O. The van der Waals surface area contributed by atoms with E-state index in [0.717, 1.165) is 38.8 Å². The number of aryl methyl sites for hydroxylation is 2. The van der Waals surface area contributed by atoms with E-state index in [1.54, 1.807) is 0 Å². The predicted molar refractivity (Wildman–Crippen MR) is 117 cm³/mol. The number of carbonyl (C=O) groups is 1. The van der Waals surface area contributed by atoms with Crippen molar-refractivity contribution < 1.29 is 4.79 Å². The van der Waals surface area contributed by atoms with Gasteiger partial charge in [-0.3, -0.25) is 9.89 Å². The zero-order valence-electron chi connectivity index (χ0n) is 17.1. The zero-order valence-corrected chi connectivity index (χ0v) is 17.1. The second-order valence-electron chi connectivity index (χ2n) is 8.03. The third-order valence-corrected chi connectivity index (χ3v) is 5.99. The molecule has 1 unspecified atom stereocenters. The van der Waals surface area contributed by atoms with Crippen LogP contribution in [0.15, 0.2) is 60.8 Å². The largest absolute Gasteiger partial charge is 0.342 e. The summed E-state index contributed by atoms with van der Waals surface area (Å²) < 4.78 is 0. The van der Waals surface area contributed by atoms with E-state index in [1.807, 2.05) is 12.3 Å². The van der Waals surface area contributed by atoms with Crippen LogP contribution in [-0.4, -0.2) is 34.1 Å². The summed E-state index contributed by atoms with van der Waals surface area (Å²) in [4.78, 5) is 14.9. The number of amides is 1. The smallest absolute Gasteiger partial charge is 0.222 e. The van der Waals surface area contributed by atoms with Crippen molar-refractivity contribution in [2.45, 2.75) is 44.9 Å². The van der Waals surface area contributed by atoms with Gasteiger partial charge in [0.25, 0.3) is 0 Å². The summed E-state index contributed by atoms with van der Waals surface area (Å²) in [5, 5.41) is 7.58. The number of aromatic amines is 1. The average molecular weight is 388 g/mol. The minimum absolute atomic E-state index is 0.280. The molecular weight excluding hydrogens is 358 g/mol. The van der Waals surface area contributed by atoms with Gasteiger partial charge in [-0.05, 0) is 49.3 Å². The number of likely N-dealkylation sites (tertiary alicyclic amines) is 1. The summed E-state index contributed by atoms with van der Waals surface area (Å²) in [6.45, 7) is 3.79. The Balaban J connectivity index is 1.39. The lowest BCUT2D eigenvalue weighted by Gasteiger charge is -2.33. The lowest BCUT2D eigenvalue weighted by molar-refractivity contribution is -0.132. The van der Waals surface area contributed by atoms with Gasteiger partial charge >= 0.3 is 0 Å². The number of piperidine rings is 1. The van der Waals surface area contributed by atoms with Gasteiger partial charge in [0, 0.05) is 36.7 Å². The van der Waals surface area contributed by atoms with Crippen LogP contribution < -0.4 is 0 Å². The van der Waals surface area contributed by atoms with Crippen LogP contribution in [0.3, 0.4) is 0 Å². The fourth-order valence-corrected chi connectivity index (χ4v) is 4.38. The molecule has 150 valence electrons. The summed E-state index contributed by atoms with van der Waals surface area (Å²) in [5.74, 6) is 0.599. The zero-order chi connectivity index (χ0) is 20.1. The van der Waals surface area contributed by atoms with E-state index in [1.165, 1.54) is 27.9 Å². The number of nitrogens with one attached hydrogen (secondary N) is 1. The maximum absolute atomic E-state index is 12.8. The summed E-state index contributed by atoms with van der Waals surface area (Å²) >= 11 is 0. The monoisotopic (exact) mass is 387 g/mol. The van der Waals surface area contributed by atoms with Crippen LogP contribution >= 0.6 is 0 Å². The minimum Gasteiger partial charge on any atom is -0.342 e. The molecule has 1 N–H and O–H groups in total. The third kappa shape index (κ3) is 4.58. The van der Waals surface area contributed by atoms with Gasteiger partial charge < -0.3 is 4.90 Å². The second-order valence-corrected chi connectivity index (χ2v) is 8.03. The lowest BCUT2D eigenvalue weighted by atomic mass is 9.89. The van der Waals surface area contributed by atoms with Crippen LogP contribution in [0, 0.1) is 6.92 Å². The molecule has 3 aromatic rings. The highest BCUT2D eigenvalue weighted by Crippen LogP contribution is 2.34. The molecule has 4 rings (SSSR count). The van der Waals surface area contributed by atoms with E-state index >= 15 is 0 Å². The standard InChI is InChI=1S/C25H29N3O/c1-19-9-5-6-14-22(19)23-17-26-27-25(23)21-13-8-16-28(18-21)24(29)15-7-12-20-10-3-2-4-11-20/h2-6,9-11,14,17,21H,7-8,12-13,15-16,18H2,1H3,(H,26,27). The van der Waals surface area contributed by atoms with Gasteiger partial charge in [0.1, 0.15) is 0 Å². The molecule has 1 aliphatic heterocycles. The van der Waals surface area contributed by atoms with Crippen molar-refractivity contribution in [3.63, 3.8) is 0 Å². The first kappa shape index (κ1) is 19.4. The highest BCUT2D eigenvalue weighted by Gasteiger charge is 2.27. The van der Waals surface area contributed by atoms with Crippen LogP contribution in [0.1, 0.15) is 48.4 Å². The van der Waals surface area contributed by atoms with Crippen LogP contribution in [0.5, 0.6) is 0 Å². The van der Waals surface area contributed by atoms with Crippen LogP contribution in [0.25, 0.3) is 11.1 Å². The van der Waals surface area contributed by atoms with Gasteiger partial charge in [0.15, 0.2) is 0 Å². The molecule has 1 aromatic heterocycles. The molecule has 0 bridgehead atoms. The first-order chi connectivity index (χ1) is 14.2. The normalized spacial score (nSPS) is 16.7. The molecule has 0 spiro atoms. The molecule has 1 amide bonds. The van der Waals surface area contributed by atoms with E-state index in [9.17, 15) is 4.79 Å². The molecule has 0 saturated carbocycles. The van der Waals surface area contributed by atoms with Gasteiger partial charge in [-0.15, -0.1) is 0 Å². The number of carbonyl (C=O) groups excluding carboxylic acids is 1. The highest BCUT2D eigenvalue weighted by molar-refractivity contribution is 5.76. The predicted octanol–water partition coefficient (Wildman–Crippen LogP) is 5.11. The molecule has 1 aliphatic rings. The molecule has 4 nitrogen and oxygen atoms in total. The number of nitrogens with zero attached hydrogens (tertiary/aromatic N) is 2. The molecule has 1 atom stereocenters. The van der Waals surface area contributed by atoms with Crippen molar-refractivity contribution >= 4 is 5.91 Å². The second kappa shape index (κ2) is 9.08. The molecule has 29 heavy (non-hydrogen) atoms. The lowest BCUT2D eigenvalue weighted by Crippen LogP contribution is -2.39. The quantitative estimate of drug-likeness (QED) is 0.639. The van der Waals surface area contributed by atoms with Crippen molar-refractivity contribution in [1.29, 1.82) is 0 Å². The summed E-state index contributed by atoms with van der Waals surface area (Å²) in [6, 6.07) is 18.8. The fraction of sp³-hybridized carbons (Fsp3) is 0.360.